The average molecular weight is 238 g/mol. The van der Waals surface area contributed by atoms with E-state index in [1.165, 1.54) is 19.1 Å². The van der Waals surface area contributed by atoms with Crippen molar-refractivity contribution in [3.8, 4) is 0 Å². The van der Waals surface area contributed by atoms with Gasteiger partial charge < -0.3 is 10.8 Å². The van der Waals surface area contributed by atoms with E-state index in [0.29, 0.717) is 0 Å². The average Bonchev–Trinajstić information content (AvgIpc) is 2.15. The van der Waals surface area contributed by atoms with Gasteiger partial charge in [0, 0.05) is 18.2 Å². The van der Waals surface area contributed by atoms with Gasteiger partial charge in [-0.2, -0.15) is 0 Å². The van der Waals surface area contributed by atoms with Crippen molar-refractivity contribution in [1.29, 1.82) is 0 Å². The van der Waals surface area contributed by atoms with Gasteiger partial charge in [-0.25, -0.2) is 8.78 Å². The fraction of sp³-hybridized carbons (Fsp3) is 0.400. The molecule has 1 aromatic rings. The largest absolute Gasteiger partial charge is 0.396 e. The lowest BCUT2D eigenvalue weighted by Crippen LogP contribution is -2.14. The van der Waals surface area contributed by atoms with Crippen molar-refractivity contribution in [2.45, 2.75) is 19.4 Å². The summed E-state index contributed by atoms with van der Waals surface area (Å²) in [4.78, 5) is 0. The van der Waals surface area contributed by atoms with E-state index in [9.17, 15) is 8.78 Å². The molecule has 86 valence electrons. The predicted molar refractivity (Wildman–Crippen MR) is 57.0 cm³/mol. The lowest BCUT2D eigenvalue weighted by atomic mass is 10.0. The number of nitrogens with two attached hydrogens (primary N) is 1. The van der Waals surface area contributed by atoms with Crippen LogP contribution in [0.5, 0.6) is 0 Å². The van der Waals surface area contributed by atoms with Gasteiger partial charge in [0.25, 0.3) is 0 Å². The molecule has 0 spiro atoms. The Morgan fingerprint density at radius 3 is 2.47 bits per heavy atom. The second-order valence-electron chi connectivity index (χ2n) is 3.22. The molecule has 0 saturated heterocycles. The summed E-state index contributed by atoms with van der Waals surface area (Å²) >= 11 is 0. The molecule has 2 nitrogen and oxygen atoms in total. The number of benzene rings is 1. The smallest absolute Gasteiger partial charge is 0.163 e. The zero-order chi connectivity index (χ0) is 10.7. The van der Waals surface area contributed by atoms with Crippen LogP contribution in [0.4, 0.5) is 8.78 Å². The number of aliphatic hydroxyl groups is 1. The van der Waals surface area contributed by atoms with Crippen LogP contribution >= 0.6 is 12.4 Å². The number of aryl methyl sites for hydroxylation is 1. The second-order valence-corrected chi connectivity index (χ2v) is 3.22. The maximum atomic E-state index is 13.3. The third kappa shape index (κ3) is 3.12. The van der Waals surface area contributed by atoms with Crippen molar-refractivity contribution in [2.75, 3.05) is 6.61 Å². The van der Waals surface area contributed by atoms with Gasteiger partial charge in [0.1, 0.15) is 0 Å². The topological polar surface area (TPSA) is 46.2 Å². The van der Waals surface area contributed by atoms with E-state index in [1.54, 1.807) is 0 Å². The first kappa shape index (κ1) is 14.3. The second kappa shape index (κ2) is 6.00. The zero-order valence-electron chi connectivity index (χ0n) is 8.34. The highest BCUT2D eigenvalue weighted by atomic mass is 35.5. The summed E-state index contributed by atoms with van der Waals surface area (Å²) in [5, 5.41) is 8.62. The molecule has 3 N–H and O–H groups in total. The standard InChI is InChI=1S/C10H13F2NO.ClH/c1-6-2-3-7(8(13)4-5-14)10(12)9(6)11;/h2-3,8,14H,4-5,13H2,1H3;1H/t8-;/m1./s1. The highest BCUT2D eigenvalue weighted by Crippen LogP contribution is 2.21. The fourth-order valence-electron chi connectivity index (χ4n) is 1.24. The van der Waals surface area contributed by atoms with Gasteiger partial charge in [-0.3, -0.25) is 0 Å². The summed E-state index contributed by atoms with van der Waals surface area (Å²) in [5.41, 5.74) is 5.92. The minimum atomic E-state index is -0.911. The fourth-order valence-corrected chi connectivity index (χ4v) is 1.24. The Balaban J connectivity index is 0.00000196. The van der Waals surface area contributed by atoms with Gasteiger partial charge >= 0.3 is 0 Å². The summed E-state index contributed by atoms with van der Waals surface area (Å²) < 4.78 is 26.4. The molecule has 0 aliphatic heterocycles. The zero-order valence-corrected chi connectivity index (χ0v) is 9.15. The normalized spacial score (nSPS) is 12.1. The van der Waals surface area contributed by atoms with Crippen molar-refractivity contribution in [3.05, 3.63) is 34.9 Å². The Hall–Kier alpha value is -0.710. The van der Waals surface area contributed by atoms with Crippen LogP contribution in [0.25, 0.3) is 0 Å². The molecule has 0 amide bonds. The molecule has 0 fully saturated rings. The van der Waals surface area contributed by atoms with Crippen LogP contribution in [0.3, 0.4) is 0 Å². The van der Waals surface area contributed by atoms with Crippen LogP contribution in [0.2, 0.25) is 0 Å². The van der Waals surface area contributed by atoms with Crippen molar-refractivity contribution >= 4 is 12.4 Å². The Labute approximate surface area is 93.5 Å². The molecule has 0 aromatic heterocycles. The monoisotopic (exact) mass is 237 g/mol. The lowest BCUT2D eigenvalue weighted by molar-refractivity contribution is 0.275. The molecule has 0 heterocycles. The van der Waals surface area contributed by atoms with Gasteiger partial charge in [-0.1, -0.05) is 12.1 Å². The van der Waals surface area contributed by atoms with Gasteiger partial charge in [0.2, 0.25) is 0 Å². The highest BCUT2D eigenvalue weighted by molar-refractivity contribution is 5.85. The Morgan fingerprint density at radius 1 is 1.33 bits per heavy atom. The van der Waals surface area contributed by atoms with E-state index < -0.39 is 17.7 Å². The van der Waals surface area contributed by atoms with Gasteiger partial charge in [-0.05, 0) is 18.9 Å². The van der Waals surface area contributed by atoms with Gasteiger partial charge in [-0.15, -0.1) is 12.4 Å². The third-order valence-corrected chi connectivity index (χ3v) is 2.14. The van der Waals surface area contributed by atoms with Crippen molar-refractivity contribution in [1.82, 2.24) is 0 Å². The molecular weight excluding hydrogens is 224 g/mol. The Morgan fingerprint density at radius 2 is 1.93 bits per heavy atom. The molecule has 5 heteroatoms. The van der Waals surface area contributed by atoms with Crippen LogP contribution in [0.15, 0.2) is 12.1 Å². The Kier molecular flexibility index (Phi) is 5.72. The molecule has 0 aliphatic carbocycles. The number of rotatable bonds is 3. The van der Waals surface area contributed by atoms with E-state index in [2.05, 4.69) is 0 Å². The Bertz CT molecular complexity index is 333. The lowest BCUT2D eigenvalue weighted by Gasteiger charge is -2.12. The molecule has 1 atom stereocenters. The minimum absolute atomic E-state index is 0. The molecule has 0 saturated carbocycles. The van der Waals surface area contributed by atoms with Crippen LogP contribution in [-0.4, -0.2) is 11.7 Å². The first-order valence-corrected chi connectivity index (χ1v) is 4.39. The van der Waals surface area contributed by atoms with Crippen LogP contribution < -0.4 is 5.73 Å². The first-order valence-electron chi connectivity index (χ1n) is 4.39. The predicted octanol–water partition coefficient (Wildman–Crippen LogP) is 2.08. The van der Waals surface area contributed by atoms with E-state index in [0.717, 1.165) is 0 Å². The molecule has 1 aromatic carbocycles. The number of hydrogen-bond acceptors (Lipinski definition) is 2. The molecule has 0 radical (unpaired) electrons. The number of aliphatic hydroxyl groups excluding tert-OH is 1. The maximum Gasteiger partial charge on any atom is 0.163 e. The highest BCUT2D eigenvalue weighted by Gasteiger charge is 2.15. The summed E-state index contributed by atoms with van der Waals surface area (Å²) in [6.45, 7) is 1.34. The maximum absolute atomic E-state index is 13.3. The first-order chi connectivity index (χ1) is 6.57. The number of hydrogen-bond donors (Lipinski definition) is 2. The molecular formula is C10H14ClF2NO. The molecule has 0 bridgehead atoms. The van der Waals surface area contributed by atoms with E-state index >= 15 is 0 Å². The van der Waals surface area contributed by atoms with Crippen molar-refractivity contribution in [3.63, 3.8) is 0 Å². The third-order valence-electron chi connectivity index (χ3n) is 2.14. The van der Waals surface area contributed by atoms with Crippen molar-refractivity contribution < 1.29 is 13.9 Å². The molecule has 0 aliphatic rings. The van der Waals surface area contributed by atoms with Crippen LogP contribution in [0, 0.1) is 18.6 Å². The summed E-state index contributed by atoms with van der Waals surface area (Å²) in [6.07, 6.45) is 0.222. The quantitative estimate of drug-likeness (QED) is 0.846. The summed E-state index contributed by atoms with van der Waals surface area (Å²) in [6, 6.07) is 2.27. The van der Waals surface area contributed by atoms with Gasteiger partial charge in [0.05, 0.1) is 0 Å². The molecule has 15 heavy (non-hydrogen) atoms. The van der Waals surface area contributed by atoms with Crippen LogP contribution in [-0.2, 0) is 0 Å². The summed E-state index contributed by atoms with van der Waals surface area (Å²) in [5.74, 6) is -1.78. The van der Waals surface area contributed by atoms with E-state index in [-0.39, 0.29) is 36.6 Å². The SMILES string of the molecule is Cc1ccc([C@H](N)CCO)c(F)c1F.Cl. The van der Waals surface area contributed by atoms with Gasteiger partial charge in [0.15, 0.2) is 11.6 Å². The van der Waals surface area contributed by atoms with Crippen molar-refractivity contribution in [2.24, 2.45) is 5.73 Å². The summed E-state index contributed by atoms with van der Waals surface area (Å²) in [7, 11) is 0. The van der Waals surface area contributed by atoms with E-state index in [1.807, 2.05) is 0 Å². The number of halogens is 3. The van der Waals surface area contributed by atoms with E-state index in [4.69, 9.17) is 10.8 Å². The molecule has 1 rings (SSSR count). The van der Waals surface area contributed by atoms with Crippen LogP contribution in [0.1, 0.15) is 23.6 Å². The minimum Gasteiger partial charge on any atom is -0.396 e. The molecule has 0 unspecified atom stereocenters.